The van der Waals surface area contributed by atoms with Crippen LogP contribution in [0.2, 0.25) is 5.02 Å². The summed E-state index contributed by atoms with van der Waals surface area (Å²) in [6, 6.07) is 5.43. The summed E-state index contributed by atoms with van der Waals surface area (Å²) in [5.74, 6) is 0.0542. The third-order valence-electron chi connectivity index (χ3n) is 2.93. The van der Waals surface area contributed by atoms with Crippen molar-refractivity contribution in [2.75, 3.05) is 11.9 Å². The first-order chi connectivity index (χ1) is 8.72. The van der Waals surface area contributed by atoms with E-state index in [0.29, 0.717) is 5.02 Å². The molecule has 1 saturated heterocycles. The fraction of sp³-hybridized carbons (Fsp3) is 0.333. The second-order valence-corrected chi connectivity index (χ2v) is 5.73. The number of thiazole rings is 1. The number of anilines is 1. The summed E-state index contributed by atoms with van der Waals surface area (Å²) in [6.07, 6.45) is 1.85. The van der Waals surface area contributed by atoms with E-state index in [-0.39, 0.29) is 11.9 Å². The van der Waals surface area contributed by atoms with Crippen LogP contribution in [-0.2, 0) is 4.79 Å². The molecular formula is C12H12ClN3OS. The van der Waals surface area contributed by atoms with Crippen molar-refractivity contribution in [3.8, 4) is 0 Å². The Kier molecular flexibility index (Phi) is 3.09. The number of amides is 1. The van der Waals surface area contributed by atoms with Crippen molar-refractivity contribution in [1.29, 1.82) is 0 Å². The number of halogens is 1. The lowest BCUT2D eigenvalue weighted by atomic mass is 10.1. The molecule has 1 atom stereocenters. The van der Waals surface area contributed by atoms with Crippen LogP contribution < -0.4 is 10.6 Å². The second-order valence-electron chi connectivity index (χ2n) is 4.26. The number of hydrogen-bond acceptors (Lipinski definition) is 4. The Bertz CT molecular complexity index is 598. The van der Waals surface area contributed by atoms with E-state index >= 15 is 0 Å². The van der Waals surface area contributed by atoms with Gasteiger partial charge in [-0.3, -0.25) is 4.79 Å². The number of hydrogen-bond donors (Lipinski definition) is 2. The van der Waals surface area contributed by atoms with Gasteiger partial charge in [0.25, 0.3) is 0 Å². The lowest BCUT2D eigenvalue weighted by Gasteiger charge is -2.22. The van der Waals surface area contributed by atoms with Crippen molar-refractivity contribution in [1.82, 2.24) is 10.3 Å². The van der Waals surface area contributed by atoms with E-state index in [2.05, 4.69) is 15.6 Å². The number of carbonyl (C=O) groups excluding carboxylic acids is 1. The van der Waals surface area contributed by atoms with Gasteiger partial charge in [0.1, 0.15) is 6.04 Å². The second kappa shape index (κ2) is 4.74. The molecule has 3 rings (SSSR count). The molecule has 0 radical (unpaired) electrons. The van der Waals surface area contributed by atoms with Gasteiger partial charge in [-0.25, -0.2) is 4.98 Å². The van der Waals surface area contributed by atoms with Crippen LogP contribution in [0.15, 0.2) is 18.2 Å². The van der Waals surface area contributed by atoms with Crippen LogP contribution in [0.3, 0.4) is 0 Å². The van der Waals surface area contributed by atoms with Crippen molar-refractivity contribution in [2.45, 2.75) is 18.9 Å². The van der Waals surface area contributed by atoms with Gasteiger partial charge < -0.3 is 10.6 Å². The SMILES string of the molecule is O=C1NCCCC1Nc1nc2ccc(Cl)cc2s1. The maximum atomic E-state index is 11.7. The smallest absolute Gasteiger partial charge is 0.242 e. The summed E-state index contributed by atoms with van der Waals surface area (Å²) in [5, 5.41) is 7.52. The Morgan fingerprint density at radius 1 is 1.50 bits per heavy atom. The number of nitrogens with one attached hydrogen (secondary N) is 2. The van der Waals surface area contributed by atoms with E-state index in [4.69, 9.17) is 11.6 Å². The first-order valence-corrected chi connectivity index (χ1v) is 7.02. The van der Waals surface area contributed by atoms with Gasteiger partial charge in [-0.1, -0.05) is 22.9 Å². The third-order valence-corrected chi connectivity index (χ3v) is 4.12. The van der Waals surface area contributed by atoms with Crippen LogP contribution in [-0.4, -0.2) is 23.5 Å². The van der Waals surface area contributed by atoms with Gasteiger partial charge in [0.05, 0.1) is 10.2 Å². The zero-order chi connectivity index (χ0) is 12.5. The summed E-state index contributed by atoms with van der Waals surface area (Å²) < 4.78 is 1.03. The molecule has 94 valence electrons. The Morgan fingerprint density at radius 2 is 2.39 bits per heavy atom. The predicted octanol–water partition coefficient (Wildman–Crippen LogP) is 2.64. The minimum Gasteiger partial charge on any atom is -0.354 e. The van der Waals surface area contributed by atoms with Gasteiger partial charge in [0.2, 0.25) is 5.91 Å². The number of benzene rings is 1. The molecule has 2 heterocycles. The summed E-state index contributed by atoms with van der Waals surface area (Å²) >= 11 is 7.46. The van der Waals surface area contributed by atoms with Crippen LogP contribution >= 0.6 is 22.9 Å². The number of fused-ring (bicyclic) bond motifs is 1. The quantitative estimate of drug-likeness (QED) is 0.890. The van der Waals surface area contributed by atoms with Crippen LogP contribution in [0.5, 0.6) is 0 Å². The van der Waals surface area contributed by atoms with E-state index in [1.54, 1.807) is 0 Å². The van der Waals surface area contributed by atoms with Crippen molar-refractivity contribution in [2.24, 2.45) is 0 Å². The molecular weight excluding hydrogens is 270 g/mol. The monoisotopic (exact) mass is 281 g/mol. The van der Waals surface area contributed by atoms with Gasteiger partial charge in [0.15, 0.2) is 5.13 Å². The molecule has 1 unspecified atom stereocenters. The fourth-order valence-corrected chi connectivity index (χ4v) is 3.21. The molecule has 6 heteroatoms. The molecule has 18 heavy (non-hydrogen) atoms. The van der Waals surface area contributed by atoms with E-state index in [1.165, 1.54) is 11.3 Å². The first kappa shape index (κ1) is 11.7. The molecule has 1 aromatic carbocycles. The summed E-state index contributed by atoms with van der Waals surface area (Å²) in [4.78, 5) is 16.1. The Labute approximate surface area is 113 Å². The third kappa shape index (κ3) is 2.28. The molecule has 1 amide bonds. The van der Waals surface area contributed by atoms with E-state index in [0.717, 1.165) is 34.7 Å². The standard InChI is InChI=1S/C12H12ClN3OS/c13-7-3-4-8-10(6-7)18-12(15-8)16-9-2-1-5-14-11(9)17/h3-4,6,9H,1-2,5H2,(H,14,17)(H,15,16). The Morgan fingerprint density at radius 3 is 3.22 bits per heavy atom. The molecule has 4 nitrogen and oxygen atoms in total. The van der Waals surface area contributed by atoms with Gasteiger partial charge in [0, 0.05) is 11.6 Å². The van der Waals surface area contributed by atoms with Crippen molar-refractivity contribution in [3.63, 3.8) is 0 Å². The highest BCUT2D eigenvalue weighted by Gasteiger charge is 2.22. The average molecular weight is 282 g/mol. The van der Waals surface area contributed by atoms with Gasteiger partial charge in [-0.15, -0.1) is 0 Å². The van der Waals surface area contributed by atoms with Gasteiger partial charge in [-0.2, -0.15) is 0 Å². The number of piperidine rings is 1. The lowest BCUT2D eigenvalue weighted by molar-refractivity contribution is -0.123. The van der Waals surface area contributed by atoms with E-state index < -0.39 is 0 Å². The van der Waals surface area contributed by atoms with Crippen LogP contribution in [0.25, 0.3) is 10.2 Å². The molecule has 2 N–H and O–H groups in total. The average Bonchev–Trinajstić information content (AvgIpc) is 2.73. The molecule has 1 aliphatic rings. The van der Waals surface area contributed by atoms with Crippen LogP contribution in [0.1, 0.15) is 12.8 Å². The molecule has 1 fully saturated rings. The van der Waals surface area contributed by atoms with E-state index in [1.807, 2.05) is 18.2 Å². The van der Waals surface area contributed by atoms with Crippen molar-refractivity contribution < 1.29 is 4.79 Å². The normalized spacial score (nSPS) is 19.8. The largest absolute Gasteiger partial charge is 0.354 e. The zero-order valence-corrected chi connectivity index (χ0v) is 11.1. The molecule has 0 aliphatic carbocycles. The van der Waals surface area contributed by atoms with Crippen molar-refractivity contribution >= 4 is 44.2 Å². The van der Waals surface area contributed by atoms with Crippen LogP contribution in [0, 0.1) is 0 Å². The summed E-state index contributed by atoms with van der Waals surface area (Å²) in [6.45, 7) is 0.770. The minimum atomic E-state index is -0.171. The predicted molar refractivity (Wildman–Crippen MR) is 74.3 cm³/mol. The molecule has 1 aromatic heterocycles. The molecule has 0 saturated carbocycles. The topological polar surface area (TPSA) is 54.0 Å². The number of nitrogens with zero attached hydrogens (tertiary/aromatic N) is 1. The highest BCUT2D eigenvalue weighted by molar-refractivity contribution is 7.22. The van der Waals surface area contributed by atoms with Gasteiger partial charge in [-0.05, 0) is 31.0 Å². The molecule has 1 aliphatic heterocycles. The summed E-state index contributed by atoms with van der Waals surface area (Å²) in [5.41, 5.74) is 0.906. The number of carbonyl (C=O) groups is 1. The fourth-order valence-electron chi connectivity index (χ4n) is 2.02. The molecule has 0 spiro atoms. The van der Waals surface area contributed by atoms with Gasteiger partial charge >= 0.3 is 0 Å². The number of rotatable bonds is 2. The molecule has 2 aromatic rings. The van der Waals surface area contributed by atoms with Crippen molar-refractivity contribution in [3.05, 3.63) is 23.2 Å². The zero-order valence-electron chi connectivity index (χ0n) is 9.57. The Balaban J connectivity index is 1.84. The maximum absolute atomic E-state index is 11.7. The van der Waals surface area contributed by atoms with E-state index in [9.17, 15) is 4.79 Å². The number of aromatic nitrogens is 1. The van der Waals surface area contributed by atoms with Crippen LogP contribution in [0.4, 0.5) is 5.13 Å². The lowest BCUT2D eigenvalue weighted by Crippen LogP contribution is -2.44. The minimum absolute atomic E-state index is 0.0542. The Hall–Kier alpha value is -1.33. The first-order valence-electron chi connectivity index (χ1n) is 5.83. The molecule has 0 bridgehead atoms. The highest BCUT2D eigenvalue weighted by atomic mass is 35.5. The highest BCUT2D eigenvalue weighted by Crippen LogP contribution is 2.29. The maximum Gasteiger partial charge on any atom is 0.242 e. The summed E-state index contributed by atoms with van der Waals surface area (Å²) in [7, 11) is 0.